The van der Waals surface area contributed by atoms with Crippen LogP contribution in [-0.4, -0.2) is 11.2 Å². The Bertz CT molecular complexity index is 401. The smallest absolute Gasteiger partial charge is 0.360 e. The molecule has 0 saturated heterocycles. The summed E-state index contributed by atoms with van der Waals surface area (Å²) in [5, 5.41) is 6.27. The van der Waals surface area contributed by atoms with Crippen molar-refractivity contribution in [2.45, 2.75) is 32.5 Å². The minimum absolute atomic E-state index is 0.222. The Balaban J connectivity index is 2.61. The van der Waals surface area contributed by atoms with Crippen LogP contribution in [0.2, 0.25) is 0 Å². The number of hydrogen-bond acceptors (Lipinski definition) is 1. The second-order valence-electron chi connectivity index (χ2n) is 3.98. The molecule has 6 heteroatoms. The average Bonchev–Trinajstić information content (AvgIpc) is 2.28. The summed E-state index contributed by atoms with van der Waals surface area (Å²) in [6, 6.07) is 4.97. The fourth-order valence-corrected chi connectivity index (χ4v) is 1.55. The largest absolute Gasteiger partial charge is 0.416 e. The zero-order valence-electron chi connectivity index (χ0n) is 10.1. The van der Waals surface area contributed by atoms with Gasteiger partial charge in [0.25, 0.3) is 0 Å². The molecule has 2 nitrogen and oxygen atoms in total. The molecule has 2 N–H and O–H groups in total. The molecule has 1 atom stereocenters. The fraction of sp³-hybridized carbons (Fsp3) is 0.417. The van der Waals surface area contributed by atoms with Crippen molar-refractivity contribution in [3.63, 3.8) is 0 Å². The molecule has 0 radical (unpaired) electrons. The van der Waals surface area contributed by atoms with Crippen LogP contribution in [-0.2, 0) is 6.18 Å². The van der Waals surface area contributed by atoms with Crippen LogP contribution in [0.15, 0.2) is 24.3 Å². The Morgan fingerprint density at radius 1 is 1.28 bits per heavy atom. The van der Waals surface area contributed by atoms with Gasteiger partial charge >= 0.3 is 6.18 Å². The topological polar surface area (TPSA) is 24.1 Å². The summed E-state index contributed by atoms with van der Waals surface area (Å²) >= 11 is 5.04. The average molecular weight is 276 g/mol. The Kier molecular flexibility index (Phi) is 4.95. The molecule has 0 aliphatic heterocycles. The van der Waals surface area contributed by atoms with E-state index < -0.39 is 11.7 Å². The van der Waals surface area contributed by atoms with E-state index in [1.165, 1.54) is 12.1 Å². The van der Waals surface area contributed by atoms with E-state index in [1.807, 2.05) is 13.8 Å². The van der Waals surface area contributed by atoms with E-state index in [9.17, 15) is 13.2 Å². The molecule has 18 heavy (non-hydrogen) atoms. The van der Waals surface area contributed by atoms with E-state index in [0.717, 1.165) is 18.6 Å². The maximum absolute atomic E-state index is 12.3. The first-order valence-corrected chi connectivity index (χ1v) is 5.98. The predicted molar refractivity (Wildman–Crippen MR) is 70.6 cm³/mol. The van der Waals surface area contributed by atoms with E-state index in [1.54, 1.807) is 0 Å². The number of nitrogens with one attached hydrogen (secondary N) is 2. The second kappa shape index (κ2) is 6.04. The van der Waals surface area contributed by atoms with Gasteiger partial charge in [-0.1, -0.05) is 6.92 Å². The molecule has 100 valence electrons. The van der Waals surface area contributed by atoms with E-state index in [-0.39, 0.29) is 6.04 Å². The van der Waals surface area contributed by atoms with Crippen LogP contribution in [0.3, 0.4) is 0 Å². The molecule has 1 rings (SSSR count). The third-order valence-corrected chi connectivity index (χ3v) is 2.68. The van der Waals surface area contributed by atoms with Crippen LogP contribution in [0, 0.1) is 0 Å². The van der Waals surface area contributed by atoms with Gasteiger partial charge in [-0.05, 0) is 49.8 Å². The van der Waals surface area contributed by atoms with Gasteiger partial charge in [0, 0.05) is 11.7 Å². The van der Waals surface area contributed by atoms with Gasteiger partial charge < -0.3 is 10.6 Å². The van der Waals surface area contributed by atoms with Gasteiger partial charge in [-0.3, -0.25) is 0 Å². The maximum Gasteiger partial charge on any atom is 0.416 e. The molecule has 0 aliphatic rings. The monoisotopic (exact) mass is 276 g/mol. The molecular weight excluding hydrogens is 261 g/mol. The second-order valence-corrected chi connectivity index (χ2v) is 4.39. The third kappa shape index (κ3) is 4.52. The highest BCUT2D eigenvalue weighted by molar-refractivity contribution is 7.80. The first kappa shape index (κ1) is 14.8. The molecule has 0 amide bonds. The summed E-state index contributed by atoms with van der Waals surface area (Å²) in [5.74, 6) is 0. The van der Waals surface area contributed by atoms with Crippen LogP contribution in [0.25, 0.3) is 0 Å². The van der Waals surface area contributed by atoms with Crippen molar-refractivity contribution in [3.8, 4) is 0 Å². The van der Waals surface area contributed by atoms with Crippen molar-refractivity contribution in [2.75, 3.05) is 5.32 Å². The maximum atomic E-state index is 12.3. The lowest BCUT2D eigenvalue weighted by Crippen LogP contribution is -2.35. The standard InChI is InChI=1S/C12H15F3N2S/c1-3-8(2)16-11(18)17-10-6-4-9(5-7-10)12(13,14)15/h4-8H,3H2,1-2H3,(H2,16,17,18)/t8-/m0/s1. The molecule has 0 aliphatic carbocycles. The summed E-state index contributed by atoms with van der Waals surface area (Å²) < 4.78 is 37.0. The van der Waals surface area contributed by atoms with E-state index in [2.05, 4.69) is 10.6 Å². The van der Waals surface area contributed by atoms with Gasteiger partial charge in [0.2, 0.25) is 0 Å². The molecule has 0 saturated carbocycles. The number of anilines is 1. The summed E-state index contributed by atoms with van der Waals surface area (Å²) in [7, 11) is 0. The van der Waals surface area contributed by atoms with E-state index in [4.69, 9.17) is 12.2 Å². The molecule has 0 bridgehead atoms. The lowest BCUT2D eigenvalue weighted by atomic mass is 10.2. The van der Waals surface area contributed by atoms with Crippen molar-refractivity contribution in [1.82, 2.24) is 5.32 Å². The van der Waals surface area contributed by atoms with Gasteiger partial charge in [-0.25, -0.2) is 0 Å². The van der Waals surface area contributed by atoms with Gasteiger partial charge in [0.1, 0.15) is 0 Å². The van der Waals surface area contributed by atoms with Crippen molar-refractivity contribution >= 4 is 23.0 Å². The Morgan fingerprint density at radius 3 is 2.28 bits per heavy atom. The molecule has 0 heterocycles. The van der Waals surface area contributed by atoms with Crippen LogP contribution in [0.4, 0.5) is 18.9 Å². The van der Waals surface area contributed by atoms with Crippen LogP contribution in [0.5, 0.6) is 0 Å². The van der Waals surface area contributed by atoms with Gasteiger partial charge in [-0.2, -0.15) is 13.2 Å². The van der Waals surface area contributed by atoms with Crippen molar-refractivity contribution in [2.24, 2.45) is 0 Å². The van der Waals surface area contributed by atoms with Crippen molar-refractivity contribution in [1.29, 1.82) is 0 Å². The highest BCUT2D eigenvalue weighted by Gasteiger charge is 2.29. The number of rotatable bonds is 3. The summed E-state index contributed by atoms with van der Waals surface area (Å²) in [6.07, 6.45) is -3.40. The minimum atomic E-state index is -4.31. The highest BCUT2D eigenvalue weighted by Crippen LogP contribution is 2.29. The summed E-state index contributed by atoms with van der Waals surface area (Å²) in [4.78, 5) is 0. The predicted octanol–water partition coefficient (Wildman–Crippen LogP) is 3.79. The normalized spacial score (nSPS) is 12.9. The number of hydrogen-bond donors (Lipinski definition) is 2. The molecule has 1 aromatic carbocycles. The summed E-state index contributed by atoms with van der Waals surface area (Å²) in [6.45, 7) is 3.99. The van der Waals surface area contributed by atoms with Crippen molar-refractivity contribution < 1.29 is 13.2 Å². The van der Waals surface area contributed by atoms with E-state index >= 15 is 0 Å². The molecular formula is C12H15F3N2S. The minimum Gasteiger partial charge on any atom is -0.360 e. The first-order chi connectivity index (χ1) is 8.32. The quantitative estimate of drug-likeness (QED) is 0.821. The number of halogens is 3. The van der Waals surface area contributed by atoms with E-state index in [0.29, 0.717) is 10.8 Å². The lowest BCUT2D eigenvalue weighted by Gasteiger charge is -2.15. The van der Waals surface area contributed by atoms with Gasteiger partial charge in [-0.15, -0.1) is 0 Å². The number of alkyl halides is 3. The van der Waals surface area contributed by atoms with Crippen LogP contribution >= 0.6 is 12.2 Å². The SMILES string of the molecule is CC[C@H](C)NC(=S)Nc1ccc(C(F)(F)F)cc1. The van der Waals surface area contributed by atoms with Crippen LogP contribution in [0.1, 0.15) is 25.8 Å². The third-order valence-electron chi connectivity index (χ3n) is 2.46. The van der Waals surface area contributed by atoms with Crippen LogP contribution < -0.4 is 10.6 Å². The number of benzene rings is 1. The Hall–Kier alpha value is -1.30. The summed E-state index contributed by atoms with van der Waals surface area (Å²) in [5.41, 5.74) is -0.141. The molecule has 0 fully saturated rings. The Labute approximate surface area is 110 Å². The highest BCUT2D eigenvalue weighted by atomic mass is 32.1. The Morgan fingerprint density at radius 2 is 1.83 bits per heavy atom. The molecule has 1 aromatic rings. The van der Waals surface area contributed by atoms with Gasteiger partial charge in [0.15, 0.2) is 5.11 Å². The first-order valence-electron chi connectivity index (χ1n) is 5.57. The fourth-order valence-electron chi connectivity index (χ4n) is 1.24. The molecule has 0 unspecified atom stereocenters. The van der Waals surface area contributed by atoms with Gasteiger partial charge in [0.05, 0.1) is 5.56 Å². The zero-order chi connectivity index (χ0) is 13.8. The lowest BCUT2D eigenvalue weighted by molar-refractivity contribution is -0.137. The molecule has 0 aromatic heterocycles. The molecule has 0 spiro atoms. The number of thiocarbonyl (C=S) groups is 1. The van der Waals surface area contributed by atoms with Crippen molar-refractivity contribution in [3.05, 3.63) is 29.8 Å². The zero-order valence-corrected chi connectivity index (χ0v) is 11.0.